The van der Waals surface area contributed by atoms with Gasteiger partial charge in [0.1, 0.15) is 17.4 Å². The highest BCUT2D eigenvalue weighted by Gasteiger charge is 2.30. The lowest BCUT2D eigenvalue weighted by Crippen LogP contribution is -2.50. The van der Waals surface area contributed by atoms with Gasteiger partial charge in [0.25, 0.3) is 11.7 Å². The Bertz CT molecular complexity index is 1710. The number of methoxy groups -OCH3 is 1. The van der Waals surface area contributed by atoms with Crippen LogP contribution in [0.5, 0.6) is 5.75 Å². The number of nitrogens with two attached hydrogens (primary N) is 1. The van der Waals surface area contributed by atoms with E-state index in [0.29, 0.717) is 48.4 Å². The van der Waals surface area contributed by atoms with Gasteiger partial charge in [0.2, 0.25) is 5.91 Å². The van der Waals surface area contributed by atoms with Crippen molar-refractivity contribution in [1.29, 1.82) is 0 Å². The van der Waals surface area contributed by atoms with Gasteiger partial charge in [-0.05, 0) is 23.6 Å². The van der Waals surface area contributed by atoms with E-state index in [-0.39, 0.29) is 29.4 Å². The van der Waals surface area contributed by atoms with Crippen molar-refractivity contribution in [2.75, 3.05) is 45.2 Å². The number of Topliss-reactive ketones (excluding diaryl/α,β-unsaturated/α-hetero) is 1. The lowest BCUT2D eigenvalue weighted by molar-refractivity contribution is -0.126. The third kappa shape index (κ3) is 5.39. The molecule has 0 saturated carbocycles. The second-order valence-electron chi connectivity index (χ2n) is 9.75. The molecule has 1 aliphatic heterocycles. The maximum atomic E-state index is 13.6. The van der Waals surface area contributed by atoms with Crippen molar-refractivity contribution in [1.82, 2.24) is 25.6 Å². The average Bonchev–Trinajstić information content (AvgIpc) is 3.48. The molecule has 0 bridgehead atoms. The number of hydrogen-bond donors (Lipinski definition) is 4. The summed E-state index contributed by atoms with van der Waals surface area (Å²) in [5.41, 5.74) is 3.99. The fourth-order valence-electron chi connectivity index (χ4n) is 5.14. The highest BCUT2D eigenvalue weighted by molar-refractivity contribution is 6.45. The van der Waals surface area contributed by atoms with Gasteiger partial charge in [0, 0.05) is 62.3 Å². The number of piperazine rings is 1. The quantitative estimate of drug-likeness (QED) is 0.0629. The number of amides is 2. The largest absolute Gasteiger partial charge is 0.496 e. The molecule has 5 N–H and O–H groups in total. The Morgan fingerprint density at radius 1 is 1.10 bits per heavy atom. The molecule has 2 aromatic carbocycles. The maximum Gasteiger partial charge on any atom is 0.295 e. The molecule has 0 unspecified atom stereocenters. The fraction of sp³-hybridized carbons (Fsp3) is 0.233. The smallest absolute Gasteiger partial charge is 0.295 e. The molecule has 12 nitrogen and oxygen atoms in total. The second-order valence-corrected chi connectivity index (χ2v) is 9.75. The molecule has 0 spiro atoms. The van der Waals surface area contributed by atoms with E-state index in [0.717, 1.165) is 16.6 Å². The lowest BCUT2D eigenvalue weighted by atomic mass is 10.0. The maximum absolute atomic E-state index is 13.6. The third-order valence-electron chi connectivity index (χ3n) is 7.28. The second kappa shape index (κ2) is 12.1. The highest BCUT2D eigenvalue weighted by Crippen LogP contribution is 2.32. The minimum atomic E-state index is -0.656. The first kappa shape index (κ1) is 28.3. The summed E-state index contributed by atoms with van der Waals surface area (Å²) in [6.07, 6.45) is 3.25. The number of hydrogen-bond acceptors (Lipinski definition) is 8. The van der Waals surface area contributed by atoms with E-state index in [1.165, 1.54) is 20.4 Å². The molecular formula is C30H32N8O4. The number of nitrogens with zero attached hydrogens (tertiary/aromatic N) is 4. The number of H-pyrrole nitrogens is 1. The van der Waals surface area contributed by atoms with Gasteiger partial charge in [-0.25, -0.2) is 15.8 Å². The number of pyridine rings is 1. The minimum Gasteiger partial charge on any atom is -0.496 e. The van der Waals surface area contributed by atoms with E-state index in [1.807, 2.05) is 30.3 Å². The molecule has 216 valence electrons. The Labute approximate surface area is 242 Å². The topological polar surface area (TPSA) is 158 Å². The number of aliphatic imine (C=N–C) groups is 1. The zero-order valence-electron chi connectivity index (χ0n) is 23.4. The summed E-state index contributed by atoms with van der Waals surface area (Å²) in [6, 6.07) is 13.4. The van der Waals surface area contributed by atoms with Crippen molar-refractivity contribution >= 4 is 50.9 Å². The summed E-state index contributed by atoms with van der Waals surface area (Å²) >= 11 is 0. The van der Waals surface area contributed by atoms with Crippen LogP contribution in [-0.2, 0) is 9.59 Å². The Balaban J connectivity index is 1.38. The number of anilines is 1. The molecule has 0 aliphatic carbocycles. The molecule has 3 heterocycles. The summed E-state index contributed by atoms with van der Waals surface area (Å²) in [6.45, 7) is 5.67. The molecule has 5 rings (SSSR count). The Kier molecular flexibility index (Phi) is 8.16. The predicted octanol–water partition coefficient (Wildman–Crippen LogP) is 2.12. The van der Waals surface area contributed by atoms with Gasteiger partial charge in [-0.1, -0.05) is 30.8 Å². The molecular weight excluding hydrogens is 536 g/mol. The molecule has 0 atom stereocenters. The number of amidine groups is 1. The van der Waals surface area contributed by atoms with Crippen molar-refractivity contribution < 1.29 is 19.1 Å². The van der Waals surface area contributed by atoms with Crippen LogP contribution in [0.15, 0.2) is 72.1 Å². The molecule has 1 aliphatic rings. The number of ketones is 1. The number of rotatable bonds is 8. The average molecular weight is 569 g/mol. The summed E-state index contributed by atoms with van der Waals surface area (Å²) in [5.74, 6) is 5.76. The van der Waals surface area contributed by atoms with Gasteiger partial charge in [-0.2, -0.15) is 0 Å². The summed E-state index contributed by atoms with van der Waals surface area (Å²) in [7, 11) is 3.01. The van der Waals surface area contributed by atoms with E-state index in [9.17, 15) is 14.4 Å². The normalized spacial score (nSPS) is 13.7. The molecule has 12 heteroatoms. The number of carbonyl (C=O) groups excluding carboxylic acids is 3. The van der Waals surface area contributed by atoms with Crippen molar-refractivity contribution in [2.45, 2.75) is 6.42 Å². The summed E-state index contributed by atoms with van der Waals surface area (Å²) < 4.78 is 5.54. The molecule has 2 amide bonds. The van der Waals surface area contributed by atoms with E-state index in [1.54, 1.807) is 23.2 Å². The Hall–Kier alpha value is -5.23. The number of fused-ring (bicyclic) bond motifs is 2. The Morgan fingerprint density at radius 3 is 2.57 bits per heavy atom. The van der Waals surface area contributed by atoms with Crippen LogP contribution in [-0.4, -0.2) is 78.6 Å². The van der Waals surface area contributed by atoms with Crippen LogP contribution in [0, 0.1) is 0 Å². The van der Waals surface area contributed by atoms with Gasteiger partial charge in [-0.15, -0.1) is 0 Å². The zero-order chi connectivity index (χ0) is 29.8. The van der Waals surface area contributed by atoms with Crippen LogP contribution in [0.2, 0.25) is 0 Å². The predicted molar refractivity (Wildman–Crippen MR) is 161 cm³/mol. The fourth-order valence-corrected chi connectivity index (χ4v) is 5.14. The van der Waals surface area contributed by atoms with Gasteiger partial charge in [0.15, 0.2) is 0 Å². The third-order valence-corrected chi connectivity index (χ3v) is 7.28. The van der Waals surface area contributed by atoms with Gasteiger partial charge < -0.3 is 30.3 Å². The van der Waals surface area contributed by atoms with Crippen LogP contribution in [0.1, 0.15) is 22.3 Å². The van der Waals surface area contributed by atoms with Crippen molar-refractivity contribution in [3.8, 4) is 5.75 Å². The number of hydrazine groups is 1. The number of carbonyl (C=O) groups is 3. The molecule has 0 radical (unpaired) electrons. The summed E-state index contributed by atoms with van der Waals surface area (Å²) in [5, 5.41) is 5.08. The molecule has 1 fully saturated rings. The van der Waals surface area contributed by atoms with Gasteiger partial charge in [0.05, 0.1) is 30.0 Å². The van der Waals surface area contributed by atoms with Gasteiger partial charge >= 0.3 is 0 Å². The van der Waals surface area contributed by atoms with Crippen LogP contribution in [0.4, 0.5) is 5.82 Å². The monoisotopic (exact) mass is 568 g/mol. The number of aromatic amines is 1. The number of nitrogens with one attached hydrogen (secondary N) is 3. The number of ether oxygens (including phenoxy) is 1. The van der Waals surface area contributed by atoms with Crippen molar-refractivity contribution in [3.05, 3.63) is 78.3 Å². The molecule has 42 heavy (non-hydrogen) atoms. The molecule has 1 saturated heterocycles. The van der Waals surface area contributed by atoms with E-state index in [4.69, 9.17) is 10.6 Å². The van der Waals surface area contributed by atoms with Gasteiger partial charge in [-0.3, -0.25) is 14.4 Å². The SMILES string of the molecule is C=C(CC(=O)NC)/N=C(\NN)c1ccc(OC)c2c(C(=O)C(=O)N3CCN(c4nccc5ccccc45)CC3)c[nH]c12. The first-order valence-electron chi connectivity index (χ1n) is 13.4. The molecule has 2 aromatic heterocycles. The van der Waals surface area contributed by atoms with E-state index < -0.39 is 11.7 Å². The van der Waals surface area contributed by atoms with Crippen LogP contribution < -0.4 is 26.2 Å². The summed E-state index contributed by atoms with van der Waals surface area (Å²) in [4.78, 5) is 54.5. The van der Waals surface area contributed by atoms with E-state index >= 15 is 0 Å². The van der Waals surface area contributed by atoms with E-state index in [2.05, 4.69) is 37.2 Å². The van der Waals surface area contributed by atoms with Crippen LogP contribution in [0.3, 0.4) is 0 Å². The molecule has 4 aromatic rings. The van der Waals surface area contributed by atoms with Crippen LogP contribution >= 0.6 is 0 Å². The Morgan fingerprint density at radius 2 is 1.86 bits per heavy atom. The van der Waals surface area contributed by atoms with Crippen LogP contribution in [0.25, 0.3) is 21.7 Å². The minimum absolute atomic E-state index is 0.0201. The lowest BCUT2D eigenvalue weighted by Gasteiger charge is -2.35. The van der Waals surface area contributed by atoms with Crippen molar-refractivity contribution in [2.24, 2.45) is 10.8 Å². The standard InChI is InChI=1S/C30H32N8O4/c1-18(16-24(39)32-2)35-28(36-31)21-8-9-23(42-3)25-22(17-34-26(21)25)27(40)30(41)38-14-12-37(13-15-38)29-20-7-5-4-6-19(20)10-11-33-29/h4-11,17,34H,1,12-16,31H2,2-3H3,(H,32,39)(H,35,36). The van der Waals surface area contributed by atoms with Crippen molar-refractivity contribution in [3.63, 3.8) is 0 Å². The number of benzene rings is 2. The first-order valence-corrected chi connectivity index (χ1v) is 13.4. The highest BCUT2D eigenvalue weighted by atomic mass is 16.5. The first-order chi connectivity index (χ1) is 20.4. The zero-order valence-corrected chi connectivity index (χ0v) is 23.4. The number of aromatic nitrogens is 2.